The Morgan fingerprint density at radius 3 is 2.53 bits per heavy atom. The Bertz CT molecular complexity index is 1210. The Labute approximate surface area is 224 Å². The van der Waals surface area contributed by atoms with Gasteiger partial charge in [0.25, 0.3) is 5.91 Å². The number of aliphatic hydroxyl groups excluding tert-OH is 1. The molecule has 0 radical (unpaired) electrons. The van der Waals surface area contributed by atoms with Crippen LogP contribution in [0, 0.1) is 31.6 Å². The zero-order chi connectivity index (χ0) is 27.4. The average Bonchev–Trinajstić information content (AvgIpc) is 3.22. The Morgan fingerprint density at radius 1 is 1.08 bits per heavy atom. The van der Waals surface area contributed by atoms with Crippen molar-refractivity contribution in [1.29, 1.82) is 0 Å². The van der Waals surface area contributed by atoms with E-state index in [0.717, 1.165) is 16.8 Å². The molecular weight excluding hydrogens is 484 g/mol. The number of rotatable bonds is 5. The van der Waals surface area contributed by atoms with Gasteiger partial charge in [-0.3, -0.25) is 14.4 Å². The van der Waals surface area contributed by atoms with Crippen LogP contribution in [0.4, 0.5) is 5.69 Å². The highest BCUT2D eigenvalue weighted by molar-refractivity contribution is 6.06. The molecule has 1 unspecified atom stereocenters. The monoisotopic (exact) mass is 522 g/mol. The lowest BCUT2D eigenvalue weighted by molar-refractivity contribution is -0.162. The van der Waals surface area contributed by atoms with Gasteiger partial charge in [-0.2, -0.15) is 0 Å². The van der Waals surface area contributed by atoms with Gasteiger partial charge in [-0.25, -0.2) is 0 Å². The zero-order valence-corrected chi connectivity index (χ0v) is 22.8. The molecular formula is C30H38N2O6. The summed E-state index contributed by atoms with van der Waals surface area (Å²) in [7, 11) is 0. The molecule has 4 aliphatic rings. The minimum atomic E-state index is -1.38. The number of cyclic esters (lactones) is 1. The summed E-state index contributed by atoms with van der Waals surface area (Å²) in [5, 5.41) is 10.4. The van der Waals surface area contributed by atoms with Crippen LogP contribution in [0.3, 0.4) is 0 Å². The fourth-order valence-corrected chi connectivity index (χ4v) is 6.87. The van der Waals surface area contributed by atoms with Gasteiger partial charge < -0.3 is 24.4 Å². The van der Waals surface area contributed by atoms with Crippen molar-refractivity contribution in [3.63, 3.8) is 0 Å². The van der Waals surface area contributed by atoms with Crippen LogP contribution >= 0.6 is 0 Å². The number of likely N-dealkylation sites (tertiary alicyclic amines) is 1. The van der Waals surface area contributed by atoms with E-state index in [9.17, 15) is 19.5 Å². The third-order valence-electron chi connectivity index (χ3n) is 8.81. The molecule has 2 fully saturated rings. The van der Waals surface area contributed by atoms with Crippen LogP contribution in [0.1, 0.15) is 44.7 Å². The van der Waals surface area contributed by atoms with Gasteiger partial charge >= 0.3 is 5.97 Å². The molecule has 4 heterocycles. The molecule has 4 aliphatic heterocycles. The minimum Gasteiger partial charge on any atom is -0.465 e. The van der Waals surface area contributed by atoms with Crippen LogP contribution < -0.4 is 4.90 Å². The van der Waals surface area contributed by atoms with Crippen LogP contribution in [-0.2, 0) is 23.9 Å². The van der Waals surface area contributed by atoms with Gasteiger partial charge in [0.1, 0.15) is 23.2 Å². The first-order valence-corrected chi connectivity index (χ1v) is 13.7. The molecule has 5 rings (SSSR count). The summed E-state index contributed by atoms with van der Waals surface area (Å²) in [6.45, 7) is 9.91. The number of esters is 1. The van der Waals surface area contributed by atoms with Crippen LogP contribution in [0.15, 0.2) is 42.5 Å². The van der Waals surface area contributed by atoms with Crippen LogP contribution in [0.25, 0.3) is 0 Å². The lowest BCUT2D eigenvalue weighted by atomic mass is 9.73. The standard InChI is InChI=1S/C30H38N2O6/c1-6-29-12-7-8-15-37-28(36)24(29)23-26(34)32(22(17-33)18(2)3)25-27(35)31(14-9-13-30(23,25)38-29)21-16-19(4)10-11-20(21)5/h7,9-13,16,18,22-25,33H,6,8,14-15,17H2,1-5H3/t22-,23-,24-,25?,29+,30-/m0/s1. The molecule has 0 saturated carbocycles. The first-order chi connectivity index (χ1) is 18.1. The number of aryl methyl sites for hydroxylation is 2. The van der Waals surface area contributed by atoms with Gasteiger partial charge in [-0.1, -0.05) is 57.2 Å². The van der Waals surface area contributed by atoms with E-state index in [0.29, 0.717) is 19.4 Å². The number of hydrogen-bond donors (Lipinski definition) is 1. The molecule has 1 aromatic carbocycles. The van der Waals surface area contributed by atoms with E-state index in [1.807, 2.05) is 77.1 Å². The molecule has 2 saturated heterocycles. The molecule has 1 N–H and O–H groups in total. The largest absolute Gasteiger partial charge is 0.465 e. The second-order valence-electron chi connectivity index (χ2n) is 11.4. The molecule has 0 bridgehead atoms. The quantitative estimate of drug-likeness (QED) is 0.472. The topological polar surface area (TPSA) is 96.4 Å². The second kappa shape index (κ2) is 9.65. The number of ether oxygens (including phenoxy) is 2. The van der Waals surface area contributed by atoms with Gasteiger partial charge in [0.05, 0.1) is 25.2 Å². The molecule has 204 valence electrons. The molecule has 2 amide bonds. The van der Waals surface area contributed by atoms with Crippen LogP contribution in [0.2, 0.25) is 0 Å². The van der Waals surface area contributed by atoms with Crippen molar-refractivity contribution < 1.29 is 29.0 Å². The zero-order valence-electron chi connectivity index (χ0n) is 22.8. The van der Waals surface area contributed by atoms with E-state index in [1.165, 1.54) is 4.90 Å². The van der Waals surface area contributed by atoms with E-state index in [-0.39, 0.29) is 30.9 Å². The molecule has 6 atom stereocenters. The molecule has 1 spiro atoms. The van der Waals surface area contributed by atoms with Crippen molar-refractivity contribution >= 4 is 23.5 Å². The maximum atomic E-state index is 14.6. The first kappa shape index (κ1) is 26.6. The maximum Gasteiger partial charge on any atom is 0.313 e. The van der Waals surface area contributed by atoms with Crippen LogP contribution in [-0.4, -0.2) is 70.8 Å². The number of nitrogens with zero attached hydrogens (tertiary/aromatic N) is 2. The summed E-state index contributed by atoms with van der Waals surface area (Å²) in [4.78, 5) is 45.8. The number of anilines is 1. The highest BCUT2D eigenvalue weighted by Gasteiger charge is 2.76. The van der Waals surface area contributed by atoms with Crippen molar-refractivity contribution in [2.24, 2.45) is 17.8 Å². The summed E-state index contributed by atoms with van der Waals surface area (Å²) in [5.41, 5.74) is 0.271. The number of hydrogen-bond acceptors (Lipinski definition) is 6. The number of fused-ring (bicyclic) bond motifs is 2. The third kappa shape index (κ3) is 3.75. The van der Waals surface area contributed by atoms with E-state index in [1.54, 1.807) is 4.90 Å². The minimum absolute atomic E-state index is 0.130. The lowest BCUT2D eigenvalue weighted by Crippen LogP contribution is -2.60. The fraction of sp³-hybridized carbons (Fsp3) is 0.567. The predicted octanol–water partition coefficient (Wildman–Crippen LogP) is 3.09. The van der Waals surface area contributed by atoms with Gasteiger partial charge in [0.15, 0.2) is 0 Å². The Morgan fingerprint density at radius 2 is 1.84 bits per heavy atom. The summed E-state index contributed by atoms with van der Waals surface area (Å²) in [6, 6.07) is 4.29. The Kier molecular flexibility index (Phi) is 6.76. The van der Waals surface area contributed by atoms with Gasteiger partial charge in [0.2, 0.25) is 5.91 Å². The van der Waals surface area contributed by atoms with Crippen LogP contribution in [0.5, 0.6) is 0 Å². The summed E-state index contributed by atoms with van der Waals surface area (Å²) in [6.07, 6.45) is 8.55. The number of amides is 2. The highest BCUT2D eigenvalue weighted by Crippen LogP contribution is 2.59. The van der Waals surface area contributed by atoms with E-state index >= 15 is 0 Å². The van der Waals surface area contributed by atoms with Crippen molar-refractivity contribution in [3.8, 4) is 0 Å². The van der Waals surface area contributed by atoms with E-state index < -0.39 is 41.1 Å². The van der Waals surface area contributed by atoms with Gasteiger partial charge in [-0.15, -0.1) is 0 Å². The van der Waals surface area contributed by atoms with E-state index in [2.05, 4.69) is 0 Å². The summed E-state index contributed by atoms with van der Waals surface area (Å²) < 4.78 is 12.5. The summed E-state index contributed by atoms with van der Waals surface area (Å²) in [5.74, 6) is -3.09. The normalized spacial score (nSPS) is 33.4. The number of carbonyl (C=O) groups is 3. The maximum absolute atomic E-state index is 14.6. The molecule has 0 aliphatic carbocycles. The molecule has 38 heavy (non-hydrogen) atoms. The first-order valence-electron chi connectivity index (χ1n) is 13.7. The Balaban J connectivity index is 1.73. The Hall–Kier alpha value is -2.97. The van der Waals surface area contributed by atoms with Crippen molar-refractivity contribution in [2.75, 3.05) is 24.7 Å². The predicted molar refractivity (Wildman–Crippen MR) is 142 cm³/mol. The molecule has 8 heteroatoms. The SMILES string of the molecule is CC[C@@]12C=CCCOC(=O)[C@@H]1[C@H]1C(=O)N([C@@H](CO)C(C)C)C3C(=O)N(c4cc(C)ccc4C)CC=C[C@@]31O2. The fourth-order valence-electron chi connectivity index (χ4n) is 6.87. The number of carbonyl (C=O) groups excluding carboxylic acids is 3. The molecule has 0 aromatic heterocycles. The average molecular weight is 523 g/mol. The highest BCUT2D eigenvalue weighted by atomic mass is 16.6. The number of aliphatic hydroxyl groups is 1. The van der Waals surface area contributed by atoms with Gasteiger partial charge in [-0.05, 0) is 49.8 Å². The lowest BCUT2D eigenvalue weighted by Gasteiger charge is -2.42. The van der Waals surface area contributed by atoms with Crippen molar-refractivity contribution in [1.82, 2.24) is 4.90 Å². The van der Waals surface area contributed by atoms with Crippen molar-refractivity contribution in [3.05, 3.63) is 53.6 Å². The molecule has 8 nitrogen and oxygen atoms in total. The summed E-state index contributed by atoms with van der Waals surface area (Å²) >= 11 is 0. The van der Waals surface area contributed by atoms with E-state index in [4.69, 9.17) is 9.47 Å². The van der Waals surface area contributed by atoms with Gasteiger partial charge in [0, 0.05) is 12.2 Å². The number of benzene rings is 1. The third-order valence-corrected chi connectivity index (χ3v) is 8.81. The molecule has 1 aromatic rings. The van der Waals surface area contributed by atoms with Crippen molar-refractivity contribution in [2.45, 2.75) is 70.7 Å². The second-order valence-corrected chi connectivity index (χ2v) is 11.4. The smallest absolute Gasteiger partial charge is 0.313 e.